The Kier molecular flexibility index (Phi) is 11.3. The van der Waals surface area contributed by atoms with Gasteiger partial charge in [0.25, 0.3) is 0 Å². The van der Waals surface area contributed by atoms with Crippen molar-refractivity contribution in [2.45, 2.75) is 33.9 Å². The van der Waals surface area contributed by atoms with Crippen molar-refractivity contribution in [3.05, 3.63) is 11.9 Å². The predicted molar refractivity (Wildman–Crippen MR) is 92.9 cm³/mol. The summed E-state index contributed by atoms with van der Waals surface area (Å²) in [6, 6.07) is 0. The molecule has 1 heterocycles. The Balaban J connectivity index is 2.14. The molecule has 0 atom stereocenters. The molecule has 0 aromatic carbocycles. The van der Waals surface area contributed by atoms with Crippen LogP contribution in [0.25, 0.3) is 0 Å². The summed E-state index contributed by atoms with van der Waals surface area (Å²) in [6.45, 7) is 7.48. The minimum absolute atomic E-state index is 0.0175. The first kappa shape index (κ1) is 22.7. The lowest BCUT2D eigenvalue weighted by atomic mass is 10.5. The summed E-state index contributed by atoms with van der Waals surface area (Å²) in [7, 11) is -3.06. The summed E-state index contributed by atoms with van der Waals surface area (Å²) >= 11 is 0. The maximum absolute atomic E-state index is 12.2. The molecule has 0 aliphatic carbocycles. The van der Waals surface area contributed by atoms with Gasteiger partial charge in [-0.1, -0.05) is 5.21 Å². The predicted octanol–water partition coefficient (Wildman–Crippen LogP) is 1.64. The van der Waals surface area contributed by atoms with Gasteiger partial charge in [0, 0.05) is 0 Å². The number of hydrogen-bond donors (Lipinski definition) is 0. The molecule has 0 saturated carbocycles. The number of esters is 1. The van der Waals surface area contributed by atoms with Crippen LogP contribution in [-0.4, -0.2) is 66.8 Å². The van der Waals surface area contributed by atoms with Gasteiger partial charge >= 0.3 is 13.6 Å². The lowest BCUT2D eigenvalue weighted by Gasteiger charge is -2.16. The van der Waals surface area contributed by atoms with Crippen LogP contribution in [0.5, 0.6) is 0 Å². The van der Waals surface area contributed by atoms with Crippen LogP contribution < -0.4 is 0 Å². The smallest absolute Gasteiger partial charge is 0.332 e. The number of rotatable bonds is 15. The highest BCUT2D eigenvalue weighted by atomic mass is 31.2. The van der Waals surface area contributed by atoms with Gasteiger partial charge in [0.05, 0.1) is 58.6 Å². The van der Waals surface area contributed by atoms with E-state index in [0.29, 0.717) is 38.7 Å². The normalized spacial score (nSPS) is 11.7. The minimum atomic E-state index is -3.06. The van der Waals surface area contributed by atoms with E-state index in [-0.39, 0.29) is 31.9 Å². The van der Waals surface area contributed by atoms with Crippen LogP contribution in [-0.2, 0) is 45.8 Å². The fourth-order valence-electron chi connectivity index (χ4n) is 1.95. The van der Waals surface area contributed by atoms with Crippen LogP contribution in [0.1, 0.15) is 26.5 Å². The Hall–Kier alpha value is -1.32. The molecule has 0 N–H and O–H groups in total. The topological polar surface area (TPSA) is 111 Å². The molecule has 0 saturated heterocycles. The van der Waals surface area contributed by atoms with Crippen molar-refractivity contribution in [1.29, 1.82) is 0 Å². The second kappa shape index (κ2) is 12.9. The molecular formula is C15H28N3O7P. The summed E-state index contributed by atoms with van der Waals surface area (Å²) < 4.78 is 39.6. The minimum Gasteiger partial charge on any atom is -0.465 e. The summed E-state index contributed by atoms with van der Waals surface area (Å²) in [5, 5.41) is 7.73. The monoisotopic (exact) mass is 393 g/mol. The average Bonchev–Trinajstić information content (AvgIpc) is 3.02. The van der Waals surface area contributed by atoms with E-state index in [0.717, 1.165) is 0 Å². The molecular weight excluding hydrogens is 365 g/mol. The number of carbonyl (C=O) groups excluding carboxylic acids is 1. The Morgan fingerprint density at radius 2 is 1.77 bits per heavy atom. The summed E-state index contributed by atoms with van der Waals surface area (Å²) in [6.07, 6.45) is 1.83. The third-order valence-corrected chi connectivity index (χ3v) is 5.00. The molecule has 0 bridgehead atoms. The van der Waals surface area contributed by atoms with Gasteiger partial charge in [-0.2, -0.15) is 0 Å². The van der Waals surface area contributed by atoms with Gasteiger partial charge < -0.3 is 23.3 Å². The molecule has 1 rings (SSSR count). The summed E-state index contributed by atoms with van der Waals surface area (Å²) in [5.74, 6) is -0.366. The highest BCUT2D eigenvalue weighted by Crippen LogP contribution is 2.47. The van der Waals surface area contributed by atoms with Gasteiger partial charge in [-0.05, 0) is 20.8 Å². The Morgan fingerprint density at radius 3 is 2.42 bits per heavy atom. The molecule has 0 amide bonds. The van der Waals surface area contributed by atoms with Gasteiger partial charge in [-0.15, -0.1) is 5.10 Å². The molecule has 0 spiro atoms. The molecule has 11 heteroatoms. The van der Waals surface area contributed by atoms with Crippen LogP contribution in [0.15, 0.2) is 6.20 Å². The maximum Gasteiger partial charge on any atom is 0.332 e. The van der Waals surface area contributed by atoms with Crippen LogP contribution in [0, 0.1) is 0 Å². The number of ether oxygens (including phenoxy) is 3. The second-order valence-electron chi connectivity index (χ2n) is 5.05. The Morgan fingerprint density at radius 1 is 1.08 bits per heavy atom. The van der Waals surface area contributed by atoms with E-state index in [2.05, 4.69) is 10.3 Å². The standard InChI is InChI=1S/C15H28N3O7P/c1-4-23-15(19)12-18-11-14(16-17-18)13-22-8-7-21-9-10-26(20,24-5-2)25-6-3/h11H,4-10,12-13H2,1-3H3. The highest BCUT2D eigenvalue weighted by molar-refractivity contribution is 7.53. The molecule has 1 aromatic rings. The molecule has 1 aromatic heterocycles. The van der Waals surface area contributed by atoms with Crippen molar-refractivity contribution in [1.82, 2.24) is 15.0 Å². The van der Waals surface area contributed by atoms with E-state index in [9.17, 15) is 9.36 Å². The fraction of sp³-hybridized carbons (Fsp3) is 0.800. The van der Waals surface area contributed by atoms with E-state index >= 15 is 0 Å². The molecule has 26 heavy (non-hydrogen) atoms. The highest BCUT2D eigenvalue weighted by Gasteiger charge is 2.22. The summed E-state index contributed by atoms with van der Waals surface area (Å²) in [5.41, 5.74) is 0.603. The van der Waals surface area contributed by atoms with E-state index in [4.69, 9.17) is 23.3 Å². The third kappa shape index (κ3) is 9.40. The van der Waals surface area contributed by atoms with Crippen LogP contribution in [0.3, 0.4) is 0 Å². The Labute approximate surface area is 153 Å². The van der Waals surface area contributed by atoms with E-state index in [1.54, 1.807) is 27.0 Å². The maximum atomic E-state index is 12.2. The van der Waals surface area contributed by atoms with Gasteiger partial charge in [-0.3, -0.25) is 9.36 Å². The van der Waals surface area contributed by atoms with E-state index in [1.807, 2.05) is 0 Å². The quantitative estimate of drug-likeness (QED) is 0.249. The molecule has 0 aliphatic rings. The zero-order chi connectivity index (χ0) is 19.3. The Bertz CT molecular complexity index is 557. The lowest BCUT2D eigenvalue weighted by Crippen LogP contribution is -2.13. The first-order valence-corrected chi connectivity index (χ1v) is 10.3. The van der Waals surface area contributed by atoms with Crippen molar-refractivity contribution in [3.63, 3.8) is 0 Å². The molecule has 150 valence electrons. The van der Waals surface area contributed by atoms with Crippen molar-refractivity contribution >= 4 is 13.6 Å². The molecule has 0 fully saturated rings. The zero-order valence-electron chi connectivity index (χ0n) is 15.6. The van der Waals surface area contributed by atoms with Gasteiger partial charge in [-0.25, -0.2) is 4.68 Å². The van der Waals surface area contributed by atoms with E-state index < -0.39 is 7.60 Å². The number of nitrogens with zero attached hydrogens (tertiary/aromatic N) is 3. The van der Waals surface area contributed by atoms with Crippen LogP contribution >= 0.6 is 7.60 Å². The van der Waals surface area contributed by atoms with Crippen molar-refractivity contribution in [3.8, 4) is 0 Å². The van der Waals surface area contributed by atoms with Crippen molar-refractivity contribution < 1.29 is 32.6 Å². The number of carbonyl (C=O) groups is 1. The van der Waals surface area contributed by atoms with Gasteiger partial charge in [0.15, 0.2) is 0 Å². The fourth-order valence-corrected chi connectivity index (χ4v) is 3.43. The molecule has 0 unspecified atom stereocenters. The van der Waals surface area contributed by atoms with E-state index in [1.165, 1.54) is 4.68 Å². The zero-order valence-corrected chi connectivity index (χ0v) is 16.5. The summed E-state index contributed by atoms with van der Waals surface area (Å²) in [4.78, 5) is 11.3. The van der Waals surface area contributed by atoms with Gasteiger partial charge in [0.2, 0.25) is 0 Å². The molecule has 0 aliphatic heterocycles. The van der Waals surface area contributed by atoms with Crippen molar-refractivity contribution in [2.75, 3.05) is 45.8 Å². The van der Waals surface area contributed by atoms with Gasteiger partial charge in [0.1, 0.15) is 12.2 Å². The number of hydrogen-bond acceptors (Lipinski definition) is 9. The van der Waals surface area contributed by atoms with Crippen molar-refractivity contribution in [2.24, 2.45) is 0 Å². The number of aromatic nitrogens is 3. The second-order valence-corrected chi connectivity index (χ2v) is 7.23. The van der Waals surface area contributed by atoms with Crippen LogP contribution in [0.4, 0.5) is 0 Å². The van der Waals surface area contributed by atoms with Crippen LogP contribution in [0.2, 0.25) is 0 Å². The first-order valence-electron chi connectivity index (χ1n) is 8.61. The molecule has 10 nitrogen and oxygen atoms in total. The first-order chi connectivity index (χ1) is 12.5. The molecule has 0 radical (unpaired) electrons. The lowest BCUT2D eigenvalue weighted by molar-refractivity contribution is -0.144. The third-order valence-electron chi connectivity index (χ3n) is 2.97. The SMILES string of the molecule is CCOC(=O)Cn1cc(COCCOCCP(=O)(OCC)OCC)nn1. The average molecular weight is 393 g/mol. The largest absolute Gasteiger partial charge is 0.465 e.